The highest BCUT2D eigenvalue weighted by atomic mass is 32.2. The van der Waals surface area contributed by atoms with E-state index in [0.29, 0.717) is 18.5 Å². The first-order valence-corrected chi connectivity index (χ1v) is 12.1. The van der Waals surface area contributed by atoms with E-state index in [1.807, 2.05) is 18.2 Å². The molecule has 1 aromatic carbocycles. The molecule has 0 bridgehead atoms. The molecule has 0 radical (unpaired) electrons. The highest BCUT2D eigenvalue weighted by Gasteiger charge is 2.59. The minimum Gasteiger partial charge on any atom is -0.450 e. The van der Waals surface area contributed by atoms with E-state index in [9.17, 15) is 22.8 Å². The lowest BCUT2D eigenvalue weighted by atomic mass is 10.2. The first kappa shape index (κ1) is 20.2. The molecule has 10 heteroatoms. The van der Waals surface area contributed by atoms with Gasteiger partial charge in [-0.2, -0.15) is 0 Å². The number of esters is 1. The van der Waals surface area contributed by atoms with Gasteiger partial charge in [0, 0.05) is 30.8 Å². The maximum absolute atomic E-state index is 13.1. The number of amides is 2. The molecule has 2 saturated heterocycles. The fourth-order valence-corrected chi connectivity index (χ4v) is 7.30. The van der Waals surface area contributed by atoms with Crippen molar-refractivity contribution in [3.63, 3.8) is 0 Å². The summed E-state index contributed by atoms with van der Waals surface area (Å²) in [5.74, 6) is -1.25. The van der Waals surface area contributed by atoms with Crippen molar-refractivity contribution in [1.29, 1.82) is 0 Å². The molecule has 0 aromatic heterocycles. The summed E-state index contributed by atoms with van der Waals surface area (Å²) in [5, 5.41) is 0. The Morgan fingerprint density at radius 2 is 2.07 bits per heavy atom. The van der Waals surface area contributed by atoms with Crippen LogP contribution in [0.15, 0.2) is 29.2 Å². The van der Waals surface area contributed by atoms with Crippen molar-refractivity contribution in [1.82, 2.24) is 4.90 Å². The zero-order valence-corrected chi connectivity index (χ0v) is 17.8. The molecule has 0 saturated carbocycles. The van der Waals surface area contributed by atoms with Crippen molar-refractivity contribution in [2.75, 3.05) is 23.5 Å². The van der Waals surface area contributed by atoms with Crippen LogP contribution >= 0.6 is 11.8 Å². The Bertz CT molecular complexity index is 994. The molecule has 2 fully saturated rings. The average Bonchev–Trinajstić information content (AvgIpc) is 3.32. The largest absolute Gasteiger partial charge is 0.450 e. The van der Waals surface area contributed by atoms with Crippen LogP contribution in [0.3, 0.4) is 0 Å². The predicted molar refractivity (Wildman–Crippen MR) is 107 cm³/mol. The number of carbonyl (C=O) groups excluding carboxylic acids is 3. The maximum atomic E-state index is 13.1. The van der Waals surface area contributed by atoms with Crippen molar-refractivity contribution >= 4 is 45.1 Å². The topological polar surface area (TPSA) is 101 Å². The number of nitrogens with zero attached hydrogens (tertiary/aromatic N) is 2. The molecule has 0 unspecified atom stereocenters. The van der Waals surface area contributed by atoms with Crippen LogP contribution < -0.4 is 4.90 Å². The van der Waals surface area contributed by atoms with Gasteiger partial charge in [0.2, 0.25) is 5.91 Å². The van der Waals surface area contributed by atoms with Gasteiger partial charge in [-0.3, -0.25) is 14.5 Å². The van der Waals surface area contributed by atoms with Crippen molar-refractivity contribution in [2.24, 2.45) is 0 Å². The second-order valence-corrected chi connectivity index (χ2v) is 11.2. The van der Waals surface area contributed by atoms with E-state index in [2.05, 4.69) is 0 Å². The Balaban J connectivity index is 1.49. The number of benzene rings is 1. The van der Waals surface area contributed by atoms with Gasteiger partial charge < -0.3 is 9.64 Å². The second-order valence-electron chi connectivity index (χ2n) is 7.64. The van der Waals surface area contributed by atoms with Gasteiger partial charge >= 0.3 is 5.97 Å². The number of anilines is 1. The van der Waals surface area contributed by atoms with Gasteiger partial charge in [0.05, 0.1) is 17.2 Å². The van der Waals surface area contributed by atoms with Crippen molar-refractivity contribution in [3.05, 3.63) is 24.3 Å². The lowest BCUT2D eigenvalue weighted by Crippen LogP contribution is -2.51. The number of fused-ring (bicyclic) bond motifs is 3. The number of rotatable bonds is 4. The van der Waals surface area contributed by atoms with Gasteiger partial charge in [-0.1, -0.05) is 23.9 Å². The van der Waals surface area contributed by atoms with Crippen LogP contribution in [-0.4, -0.2) is 66.7 Å². The molecule has 156 valence electrons. The first-order chi connectivity index (χ1) is 13.6. The smallest absolute Gasteiger partial charge is 0.344 e. The van der Waals surface area contributed by atoms with E-state index in [-0.39, 0.29) is 23.8 Å². The van der Waals surface area contributed by atoms with Crippen LogP contribution in [0.1, 0.15) is 26.2 Å². The van der Waals surface area contributed by atoms with E-state index in [0.717, 1.165) is 4.90 Å². The van der Waals surface area contributed by atoms with Gasteiger partial charge in [0.1, 0.15) is 0 Å². The molecule has 2 amide bonds. The van der Waals surface area contributed by atoms with E-state index in [1.54, 1.807) is 6.07 Å². The zero-order chi connectivity index (χ0) is 21.0. The fraction of sp³-hybridized carbons (Fsp3) is 0.526. The van der Waals surface area contributed by atoms with Crippen molar-refractivity contribution < 1.29 is 27.5 Å². The van der Waals surface area contributed by atoms with Crippen LogP contribution in [0.4, 0.5) is 5.69 Å². The highest BCUT2D eigenvalue weighted by molar-refractivity contribution is 8.02. The Kier molecular flexibility index (Phi) is 4.89. The van der Waals surface area contributed by atoms with Crippen LogP contribution in [0, 0.1) is 0 Å². The molecule has 3 aliphatic rings. The monoisotopic (exact) mass is 438 g/mol. The molecule has 0 N–H and O–H groups in total. The van der Waals surface area contributed by atoms with Crippen LogP contribution in [0.2, 0.25) is 0 Å². The molecular weight excluding hydrogens is 416 g/mol. The summed E-state index contributed by atoms with van der Waals surface area (Å²) >= 11 is 1.28. The zero-order valence-electron chi connectivity index (χ0n) is 16.2. The molecule has 3 aliphatic heterocycles. The highest BCUT2D eigenvalue weighted by Crippen LogP contribution is 2.56. The third kappa shape index (κ3) is 3.31. The number of ether oxygens (including phenoxy) is 1. The number of hydrogen-bond donors (Lipinski definition) is 0. The quantitative estimate of drug-likeness (QED) is 0.651. The third-order valence-electron chi connectivity index (χ3n) is 5.73. The van der Waals surface area contributed by atoms with Crippen LogP contribution in [0.5, 0.6) is 0 Å². The number of para-hydroxylation sites is 1. The number of sulfone groups is 1. The predicted octanol–water partition coefficient (Wildman–Crippen LogP) is 1.19. The molecule has 1 aromatic rings. The molecule has 29 heavy (non-hydrogen) atoms. The molecule has 0 aliphatic carbocycles. The van der Waals surface area contributed by atoms with Gasteiger partial charge in [-0.15, -0.1) is 0 Å². The summed E-state index contributed by atoms with van der Waals surface area (Å²) in [5.41, 5.74) is 0.684. The minimum atomic E-state index is -3.13. The van der Waals surface area contributed by atoms with Crippen molar-refractivity contribution in [3.8, 4) is 0 Å². The Morgan fingerprint density at radius 1 is 1.34 bits per heavy atom. The van der Waals surface area contributed by atoms with E-state index in [4.69, 9.17) is 4.74 Å². The Morgan fingerprint density at radius 3 is 2.76 bits per heavy atom. The molecule has 3 heterocycles. The summed E-state index contributed by atoms with van der Waals surface area (Å²) < 4.78 is 28.9. The Labute approximate surface area is 173 Å². The molecule has 3 atom stereocenters. The second kappa shape index (κ2) is 7.02. The van der Waals surface area contributed by atoms with Gasteiger partial charge in [0.15, 0.2) is 20.8 Å². The van der Waals surface area contributed by atoms with Gasteiger partial charge in [-0.25, -0.2) is 13.2 Å². The van der Waals surface area contributed by atoms with E-state index >= 15 is 0 Å². The average molecular weight is 439 g/mol. The SMILES string of the molecule is C[C@H](OC(=O)[C@]12CCC(=O)N1c1ccccc1S2)C(=O)N(C)[C@H]1CCS(=O)(=O)C1. The van der Waals surface area contributed by atoms with Crippen molar-refractivity contribution in [2.45, 2.75) is 48.1 Å². The standard InChI is InChI=1S/C19H22N2O6S2/c1-12(17(23)20(2)13-8-10-29(25,26)11-13)27-18(24)19-9-7-16(22)21(19)14-5-3-4-6-15(14)28-19/h3-6,12-13H,7-11H2,1-2H3/t12-,13-,19+/m0/s1. The van der Waals surface area contributed by atoms with Gasteiger partial charge in [0.25, 0.3) is 5.91 Å². The fourth-order valence-electron chi connectivity index (χ4n) is 4.12. The number of hydrogen-bond acceptors (Lipinski definition) is 7. The number of carbonyl (C=O) groups is 3. The van der Waals surface area contributed by atoms with Gasteiger partial charge in [-0.05, 0) is 25.5 Å². The lowest BCUT2D eigenvalue weighted by Gasteiger charge is -2.31. The summed E-state index contributed by atoms with van der Waals surface area (Å²) in [6.07, 6.45) is -0.157. The molecule has 8 nitrogen and oxygen atoms in total. The lowest BCUT2D eigenvalue weighted by molar-refractivity contribution is -0.161. The van der Waals surface area contributed by atoms with Crippen LogP contribution in [0.25, 0.3) is 0 Å². The first-order valence-electron chi connectivity index (χ1n) is 9.44. The molecular formula is C19H22N2O6S2. The molecule has 4 rings (SSSR count). The number of thioether (sulfide) groups is 1. The van der Waals surface area contributed by atoms with E-state index in [1.165, 1.54) is 35.5 Å². The summed E-state index contributed by atoms with van der Waals surface area (Å²) in [6, 6.07) is 6.88. The summed E-state index contributed by atoms with van der Waals surface area (Å²) in [4.78, 5) is 40.8. The Hall–Kier alpha value is -2.07. The van der Waals surface area contributed by atoms with Crippen LogP contribution in [-0.2, 0) is 29.0 Å². The molecule has 0 spiro atoms. The minimum absolute atomic E-state index is 0.0541. The number of likely N-dealkylation sites (N-methyl/N-ethyl adjacent to an activating group) is 1. The normalized spacial score (nSPS) is 28.0. The van der Waals surface area contributed by atoms with E-state index < -0.39 is 38.7 Å². The third-order valence-corrected chi connectivity index (χ3v) is 8.93. The maximum Gasteiger partial charge on any atom is 0.344 e. The summed E-state index contributed by atoms with van der Waals surface area (Å²) in [6.45, 7) is 1.48. The summed E-state index contributed by atoms with van der Waals surface area (Å²) in [7, 11) is -1.60.